The third-order valence-corrected chi connectivity index (χ3v) is 6.32. The quantitative estimate of drug-likeness (QED) is 0.610. The number of guanidine groups is 1. The average molecular weight is 337 g/mol. The van der Waals surface area contributed by atoms with Crippen LogP contribution in [0.25, 0.3) is 0 Å². The van der Waals surface area contributed by atoms with Gasteiger partial charge in [0, 0.05) is 50.2 Å². The van der Waals surface area contributed by atoms with Gasteiger partial charge in [0.15, 0.2) is 5.96 Å². The Bertz CT molecular complexity index is 443. The maximum atomic E-state index is 6.02. The van der Waals surface area contributed by atoms with E-state index in [4.69, 9.17) is 4.74 Å². The van der Waals surface area contributed by atoms with Crippen LogP contribution in [0.1, 0.15) is 52.9 Å². The summed E-state index contributed by atoms with van der Waals surface area (Å²) in [5, 5.41) is 7.39. The third kappa shape index (κ3) is 3.57. The Morgan fingerprint density at radius 1 is 1.21 bits per heavy atom. The summed E-state index contributed by atoms with van der Waals surface area (Å²) in [5.74, 6) is 1.62. The summed E-state index contributed by atoms with van der Waals surface area (Å²) in [6.07, 6.45) is 6.56. The molecule has 3 atom stereocenters. The van der Waals surface area contributed by atoms with Crippen LogP contribution in [0.3, 0.4) is 0 Å². The SMILES string of the molecule is CCCN1CCC(NC(=NC)NC2C3CCCOC3C2(C)C)CC1. The summed E-state index contributed by atoms with van der Waals surface area (Å²) < 4.78 is 6.02. The Morgan fingerprint density at radius 3 is 2.62 bits per heavy atom. The Morgan fingerprint density at radius 2 is 1.96 bits per heavy atom. The summed E-state index contributed by atoms with van der Waals surface area (Å²) in [4.78, 5) is 7.08. The first-order valence-corrected chi connectivity index (χ1v) is 9.90. The molecule has 3 rings (SSSR count). The number of ether oxygens (including phenoxy) is 1. The summed E-state index contributed by atoms with van der Waals surface area (Å²) >= 11 is 0. The molecule has 3 unspecified atom stereocenters. The lowest BCUT2D eigenvalue weighted by Gasteiger charge is -2.60. The predicted octanol–water partition coefficient (Wildman–Crippen LogP) is 2.23. The molecule has 3 fully saturated rings. The van der Waals surface area contributed by atoms with E-state index in [1.807, 2.05) is 7.05 Å². The monoisotopic (exact) mass is 336 g/mol. The van der Waals surface area contributed by atoms with E-state index in [0.29, 0.717) is 24.1 Å². The number of likely N-dealkylation sites (tertiary alicyclic amines) is 1. The van der Waals surface area contributed by atoms with Gasteiger partial charge in [-0.25, -0.2) is 0 Å². The smallest absolute Gasteiger partial charge is 0.191 e. The number of aliphatic imine (C=N–C) groups is 1. The molecule has 0 aromatic carbocycles. The number of fused-ring (bicyclic) bond motifs is 1. The first-order valence-electron chi connectivity index (χ1n) is 9.90. The summed E-state index contributed by atoms with van der Waals surface area (Å²) in [5.41, 5.74) is 0.188. The van der Waals surface area contributed by atoms with Crippen LogP contribution >= 0.6 is 0 Å². The van der Waals surface area contributed by atoms with Crippen molar-refractivity contribution in [2.75, 3.05) is 33.3 Å². The van der Waals surface area contributed by atoms with Crippen LogP contribution in [0, 0.1) is 11.3 Å². The van der Waals surface area contributed by atoms with Crippen LogP contribution in [0.5, 0.6) is 0 Å². The van der Waals surface area contributed by atoms with Crippen molar-refractivity contribution in [3.05, 3.63) is 0 Å². The van der Waals surface area contributed by atoms with Gasteiger partial charge in [0.05, 0.1) is 6.10 Å². The minimum Gasteiger partial charge on any atom is -0.377 e. The van der Waals surface area contributed by atoms with Crippen molar-refractivity contribution in [1.29, 1.82) is 0 Å². The zero-order valence-corrected chi connectivity index (χ0v) is 16.0. The van der Waals surface area contributed by atoms with E-state index in [1.165, 1.54) is 51.7 Å². The number of nitrogens with one attached hydrogen (secondary N) is 2. The van der Waals surface area contributed by atoms with Crippen molar-refractivity contribution in [2.45, 2.75) is 71.1 Å². The average Bonchev–Trinajstić information content (AvgIpc) is 2.60. The fourth-order valence-electron chi connectivity index (χ4n) is 4.94. The fraction of sp³-hybridized carbons (Fsp3) is 0.947. The molecule has 1 saturated carbocycles. The van der Waals surface area contributed by atoms with Crippen molar-refractivity contribution < 1.29 is 4.74 Å². The van der Waals surface area contributed by atoms with Crippen LogP contribution < -0.4 is 10.6 Å². The molecule has 0 bridgehead atoms. The number of piperidine rings is 1. The van der Waals surface area contributed by atoms with Crippen molar-refractivity contribution >= 4 is 5.96 Å². The van der Waals surface area contributed by atoms with Gasteiger partial charge < -0.3 is 20.3 Å². The van der Waals surface area contributed by atoms with Gasteiger partial charge in [0.25, 0.3) is 0 Å². The summed E-state index contributed by atoms with van der Waals surface area (Å²) in [6.45, 7) is 11.5. The van der Waals surface area contributed by atoms with Crippen molar-refractivity contribution in [3.63, 3.8) is 0 Å². The predicted molar refractivity (Wildman–Crippen MR) is 99.4 cm³/mol. The highest BCUT2D eigenvalue weighted by molar-refractivity contribution is 5.80. The van der Waals surface area contributed by atoms with E-state index in [-0.39, 0.29) is 5.41 Å². The molecule has 0 aromatic heterocycles. The maximum Gasteiger partial charge on any atom is 0.191 e. The molecule has 2 aliphatic heterocycles. The molecule has 5 nitrogen and oxygen atoms in total. The lowest BCUT2D eigenvalue weighted by atomic mass is 9.55. The Kier molecular flexibility index (Phi) is 5.70. The first-order chi connectivity index (χ1) is 11.6. The molecule has 0 aromatic rings. The van der Waals surface area contributed by atoms with Crippen molar-refractivity contribution in [2.24, 2.45) is 16.3 Å². The van der Waals surface area contributed by atoms with Gasteiger partial charge in [-0.2, -0.15) is 0 Å². The van der Waals surface area contributed by atoms with Gasteiger partial charge >= 0.3 is 0 Å². The van der Waals surface area contributed by atoms with Crippen LogP contribution in [-0.4, -0.2) is 62.3 Å². The van der Waals surface area contributed by atoms with E-state index in [0.717, 1.165) is 12.6 Å². The van der Waals surface area contributed by atoms with Gasteiger partial charge in [-0.05, 0) is 38.6 Å². The molecule has 5 heteroatoms. The van der Waals surface area contributed by atoms with Crippen LogP contribution in [-0.2, 0) is 4.74 Å². The maximum absolute atomic E-state index is 6.02. The summed E-state index contributed by atoms with van der Waals surface area (Å²) in [6, 6.07) is 1.01. The molecule has 2 heterocycles. The molecule has 3 aliphatic rings. The summed E-state index contributed by atoms with van der Waals surface area (Å²) in [7, 11) is 1.89. The minimum absolute atomic E-state index is 0.188. The molecule has 0 spiro atoms. The van der Waals surface area contributed by atoms with E-state index < -0.39 is 0 Å². The van der Waals surface area contributed by atoms with Gasteiger partial charge in [-0.1, -0.05) is 20.8 Å². The first kappa shape index (κ1) is 18.0. The number of rotatable bonds is 4. The lowest BCUT2D eigenvalue weighted by Crippen LogP contribution is -2.71. The lowest BCUT2D eigenvalue weighted by molar-refractivity contribution is -0.188. The van der Waals surface area contributed by atoms with Crippen LogP contribution in [0.4, 0.5) is 0 Å². The van der Waals surface area contributed by atoms with Crippen LogP contribution in [0.2, 0.25) is 0 Å². The molecular weight excluding hydrogens is 300 g/mol. The van der Waals surface area contributed by atoms with E-state index >= 15 is 0 Å². The zero-order valence-electron chi connectivity index (χ0n) is 16.0. The van der Waals surface area contributed by atoms with E-state index in [2.05, 4.69) is 41.3 Å². The van der Waals surface area contributed by atoms with Crippen molar-refractivity contribution in [1.82, 2.24) is 15.5 Å². The minimum atomic E-state index is 0.188. The zero-order chi connectivity index (χ0) is 17.2. The molecule has 0 amide bonds. The van der Waals surface area contributed by atoms with Gasteiger partial charge in [-0.3, -0.25) is 4.99 Å². The Balaban J connectivity index is 1.51. The van der Waals surface area contributed by atoms with Crippen molar-refractivity contribution in [3.8, 4) is 0 Å². The van der Waals surface area contributed by atoms with Gasteiger partial charge in [0.2, 0.25) is 0 Å². The van der Waals surface area contributed by atoms with Crippen LogP contribution in [0.15, 0.2) is 4.99 Å². The normalized spacial score (nSPS) is 34.3. The molecule has 0 radical (unpaired) electrons. The second kappa shape index (κ2) is 7.61. The molecule has 138 valence electrons. The topological polar surface area (TPSA) is 48.9 Å². The third-order valence-electron chi connectivity index (χ3n) is 6.32. The highest BCUT2D eigenvalue weighted by Crippen LogP contribution is 2.51. The number of nitrogens with zero attached hydrogens (tertiary/aromatic N) is 2. The second-order valence-electron chi connectivity index (χ2n) is 8.37. The van der Waals surface area contributed by atoms with Gasteiger partial charge in [-0.15, -0.1) is 0 Å². The largest absolute Gasteiger partial charge is 0.377 e. The molecule has 24 heavy (non-hydrogen) atoms. The number of hydrogen-bond donors (Lipinski definition) is 2. The molecule has 1 aliphatic carbocycles. The molecule has 2 saturated heterocycles. The van der Waals surface area contributed by atoms with Gasteiger partial charge in [0.1, 0.15) is 0 Å². The van der Waals surface area contributed by atoms with E-state index in [1.54, 1.807) is 0 Å². The highest BCUT2D eigenvalue weighted by atomic mass is 16.5. The standard InChI is InChI=1S/C19H36N4O/c1-5-10-23-11-8-14(9-12-23)21-18(20-4)22-16-15-7-6-13-24-17(15)19(16,2)3/h14-17H,5-13H2,1-4H3,(H2,20,21,22). The molecular formula is C19H36N4O. The Hall–Kier alpha value is -0.810. The second-order valence-corrected chi connectivity index (χ2v) is 8.37. The number of hydrogen-bond acceptors (Lipinski definition) is 3. The highest BCUT2D eigenvalue weighted by Gasteiger charge is 2.58. The van der Waals surface area contributed by atoms with E-state index in [9.17, 15) is 0 Å². The Labute approximate surface area is 147 Å². The molecule has 2 N–H and O–H groups in total. The fourth-order valence-corrected chi connectivity index (χ4v) is 4.94.